The number of H-pyrrole nitrogens is 1. The van der Waals surface area contributed by atoms with E-state index >= 15 is 0 Å². The van der Waals surface area contributed by atoms with Gasteiger partial charge in [0, 0.05) is 28.6 Å². The Morgan fingerprint density at radius 2 is 1.96 bits per heavy atom. The Bertz CT molecular complexity index is 1000. The fourth-order valence-corrected chi connectivity index (χ4v) is 2.89. The van der Waals surface area contributed by atoms with Crippen molar-refractivity contribution < 1.29 is 18.7 Å². The number of aliphatic carboxylic acids is 1. The molecule has 0 amide bonds. The molecule has 0 aliphatic heterocycles. The number of rotatable bonds is 5. The Labute approximate surface area is 142 Å². The molecule has 1 heterocycles. The van der Waals surface area contributed by atoms with E-state index in [1.807, 2.05) is 0 Å². The van der Waals surface area contributed by atoms with Crippen LogP contribution in [-0.4, -0.2) is 16.1 Å². The summed E-state index contributed by atoms with van der Waals surface area (Å²) in [5.74, 6) is -2.78. The number of fused-ring (bicyclic) bond motifs is 1. The van der Waals surface area contributed by atoms with Crippen molar-refractivity contribution >= 4 is 16.9 Å². The van der Waals surface area contributed by atoms with E-state index < -0.39 is 17.6 Å². The van der Waals surface area contributed by atoms with Gasteiger partial charge >= 0.3 is 5.97 Å². The second kappa shape index (κ2) is 6.73. The van der Waals surface area contributed by atoms with Crippen LogP contribution in [0.3, 0.4) is 0 Å². The maximum Gasteiger partial charge on any atom is 0.303 e. The number of aromatic amines is 1. The van der Waals surface area contributed by atoms with Crippen LogP contribution in [0, 0.1) is 23.0 Å². The van der Waals surface area contributed by atoms with Crippen molar-refractivity contribution in [1.29, 1.82) is 5.26 Å². The van der Waals surface area contributed by atoms with Gasteiger partial charge in [0.1, 0.15) is 0 Å². The van der Waals surface area contributed by atoms with Gasteiger partial charge in [-0.2, -0.15) is 5.26 Å². The lowest BCUT2D eigenvalue weighted by molar-refractivity contribution is -0.137. The molecule has 2 N–H and O–H groups in total. The van der Waals surface area contributed by atoms with Crippen molar-refractivity contribution in [2.75, 3.05) is 0 Å². The van der Waals surface area contributed by atoms with Gasteiger partial charge in [-0.3, -0.25) is 4.79 Å². The molecule has 0 saturated heterocycles. The lowest BCUT2D eigenvalue weighted by Crippen LogP contribution is -1.97. The summed E-state index contributed by atoms with van der Waals surface area (Å²) >= 11 is 0. The van der Waals surface area contributed by atoms with Crippen LogP contribution in [0.5, 0.6) is 0 Å². The molecular weight excluding hydrogens is 326 g/mol. The number of nitrogens with one attached hydrogen (secondary N) is 1. The zero-order valence-corrected chi connectivity index (χ0v) is 13.1. The van der Waals surface area contributed by atoms with Gasteiger partial charge in [0.15, 0.2) is 11.6 Å². The summed E-state index contributed by atoms with van der Waals surface area (Å²) in [4.78, 5) is 14.0. The number of benzene rings is 2. The lowest BCUT2D eigenvalue weighted by atomic mass is 9.99. The molecule has 3 rings (SSSR count). The highest BCUT2D eigenvalue weighted by Gasteiger charge is 2.15. The molecule has 0 aliphatic rings. The molecule has 2 aromatic carbocycles. The second-order valence-electron chi connectivity index (χ2n) is 5.73. The van der Waals surface area contributed by atoms with Crippen LogP contribution in [-0.2, 0) is 11.2 Å². The Kier molecular flexibility index (Phi) is 4.48. The predicted molar refractivity (Wildman–Crippen MR) is 88.9 cm³/mol. The Morgan fingerprint density at radius 1 is 1.16 bits per heavy atom. The number of carbonyl (C=O) groups is 1. The third-order valence-corrected chi connectivity index (χ3v) is 4.06. The molecule has 0 radical (unpaired) electrons. The molecule has 0 fully saturated rings. The average Bonchev–Trinajstić information content (AvgIpc) is 2.95. The number of aromatic nitrogens is 1. The van der Waals surface area contributed by atoms with Crippen LogP contribution in [0.4, 0.5) is 8.78 Å². The third-order valence-electron chi connectivity index (χ3n) is 4.06. The van der Waals surface area contributed by atoms with Crippen LogP contribution < -0.4 is 0 Å². The van der Waals surface area contributed by atoms with Gasteiger partial charge in [0.25, 0.3) is 0 Å². The standard InChI is InChI=1S/C19H14F2N2O2/c20-15-6-5-12(9-16(15)21)19-13(2-1-3-18(24)25)14-8-11(10-22)4-7-17(14)23-19/h4-9,23H,1-3H2,(H,24,25). The highest BCUT2D eigenvalue weighted by molar-refractivity contribution is 5.91. The van der Waals surface area contributed by atoms with Crippen molar-refractivity contribution in [2.24, 2.45) is 0 Å². The summed E-state index contributed by atoms with van der Waals surface area (Å²) in [6, 6.07) is 10.8. The molecule has 0 unspecified atom stereocenters. The predicted octanol–water partition coefficient (Wildman–Crippen LogP) is 4.39. The van der Waals surface area contributed by atoms with E-state index in [0.717, 1.165) is 28.6 Å². The minimum Gasteiger partial charge on any atom is -0.481 e. The van der Waals surface area contributed by atoms with Crippen molar-refractivity contribution in [3.63, 3.8) is 0 Å². The van der Waals surface area contributed by atoms with E-state index in [1.54, 1.807) is 18.2 Å². The normalized spacial score (nSPS) is 10.8. The molecule has 126 valence electrons. The largest absolute Gasteiger partial charge is 0.481 e. The first kappa shape index (κ1) is 16.7. The minimum absolute atomic E-state index is 0.00182. The van der Waals surface area contributed by atoms with Crippen molar-refractivity contribution in [3.05, 3.63) is 59.2 Å². The number of nitriles is 1. The maximum absolute atomic E-state index is 13.6. The van der Waals surface area contributed by atoms with Crippen LogP contribution in [0.1, 0.15) is 24.0 Å². The first-order chi connectivity index (χ1) is 12.0. The van der Waals surface area contributed by atoms with Crippen molar-refractivity contribution in [3.8, 4) is 17.3 Å². The van der Waals surface area contributed by atoms with Gasteiger partial charge in [0.2, 0.25) is 0 Å². The molecular formula is C19H14F2N2O2. The van der Waals surface area contributed by atoms with E-state index in [4.69, 9.17) is 10.4 Å². The van der Waals surface area contributed by atoms with E-state index in [-0.39, 0.29) is 6.42 Å². The minimum atomic E-state index is -0.953. The van der Waals surface area contributed by atoms with Crippen LogP contribution in [0.25, 0.3) is 22.2 Å². The quantitative estimate of drug-likeness (QED) is 0.723. The lowest BCUT2D eigenvalue weighted by Gasteiger charge is -2.05. The monoisotopic (exact) mass is 340 g/mol. The topological polar surface area (TPSA) is 76.9 Å². The van der Waals surface area contributed by atoms with Crippen molar-refractivity contribution in [1.82, 2.24) is 4.98 Å². The zero-order valence-electron chi connectivity index (χ0n) is 13.1. The fraction of sp³-hybridized carbons (Fsp3) is 0.158. The molecule has 1 aromatic heterocycles. The number of aryl methyl sites for hydroxylation is 1. The third kappa shape index (κ3) is 3.36. The first-order valence-corrected chi connectivity index (χ1v) is 7.71. The average molecular weight is 340 g/mol. The highest BCUT2D eigenvalue weighted by Crippen LogP contribution is 2.33. The first-order valence-electron chi connectivity index (χ1n) is 7.71. The van der Waals surface area contributed by atoms with Gasteiger partial charge in [-0.05, 0) is 54.8 Å². The molecule has 4 nitrogen and oxygen atoms in total. The molecule has 6 heteroatoms. The Morgan fingerprint density at radius 3 is 2.64 bits per heavy atom. The molecule has 0 aliphatic carbocycles. The Hall–Kier alpha value is -3.20. The maximum atomic E-state index is 13.6. The number of carboxylic acids is 1. The van der Waals surface area contributed by atoms with Crippen molar-refractivity contribution in [2.45, 2.75) is 19.3 Å². The summed E-state index contributed by atoms with van der Waals surface area (Å²) in [6.45, 7) is 0. The van der Waals surface area contributed by atoms with Crippen LogP contribution in [0.15, 0.2) is 36.4 Å². The summed E-state index contributed by atoms with van der Waals surface area (Å²) in [7, 11) is 0. The molecule has 0 saturated carbocycles. The zero-order chi connectivity index (χ0) is 18.0. The van der Waals surface area contributed by atoms with E-state index in [2.05, 4.69) is 11.1 Å². The smallest absolute Gasteiger partial charge is 0.303 e. The van der Waals surface area contributed by atoms with E-state index in [1.165, 1.54) is 6.07 Å². The molecule has 3 aromatic rings. The van der Waals surface area contributed by atoms with E-state index in [9.17, 15) is 13.6 Å². The second-order valence-corrected chi connectivity index (χ2v) is 5.73. The van der Waals surface area contributed by atoms with Gasteiger partial charge in [-0.15, -0.1) is 0 Å². The number of hydrogen-bond donors (Lipinski definition) is 2. The van der Waals surface area contributed by atoms with Gasteiger partial charge in [0.05, 0.1) is 11.6 Å². The summed E-state index contributed by atoms with van der Waals surface area (Å²) in [5, 5.41) is 18.7. The van der Waals surface area contributed by atoms with E-state index in [0.29, 0.717) is 29.7 Å². The van der Waals surface area contributed by atoms with Gasteiger partial charge in [-0.25, -0.2) is 8.78 Å². The number of hydrogen-bond acceptors (Lipinski definition) is 2. The molecule has 0 atom stereocenters. The summed E-state index contributed by atoms with van der Waals surface area (Å²) < 4.78 is 26.8. The van der Waals surface area contributed by atoms with Crippen LogP contribution in [0.2, 0.25) is 0 Å². The molecule has 0 bridgehead atoms. The van der Waals surface area contributed by atoms with Crippen LogP contribution >= 0.6 is 0 Å². The number of carboxylic acid groups (broad SMARTS) is 1. The van der Waals surface area contributed by atoms with Gasteiger partial charge < -0.3 is 10.1 Å². The number of nitrogens with zero attached hydrogens (tertiary/aromatic N) is 1. The Balaban J connectivity index is 2.13. The molecule has 0 spiro atoms. The molecule has 25 heavy (non-hydrogen) atoms. The summed E-state index contributed by atoms with van der Waals surface area (Å²) in [6.07, 6.45) is 0.840. The highest BCUT2D eigenvalue weighted by atomic mass is 19.2. The number of halogens is 2. The fourth-order valence-electron chi connectivity index (χ4n) is 2.89. The summed E-state index contributed by atoms with van der Waals surface area (Å²) in [5.41, 5.74) is 3.10. The van der Waals surface area contributed by atoms with Gasteiger partial charge in [-0.1, -0.05) is 0 Å². The SMILES string of the molecule is N#Cc1ccc2[nH]c(-c3ccc(F)c(F)c3)c(CCCC(=O)O)c2c1.